The van der Waals surface area contributed by atoms with Crippen molar-refractivity contribution in [3.05, 3.63) is 96.1 Å². The highest BCUT2D eigenvalue weighted by molar-refractivity contribution is 7.12. The number of ketones is 1. The van der Waals surface area contributed by atoms with Gasteiger partial charge in [0.2, 0.25) is 0 Å². The average Bonchev–Trinajstić information content (AvgIpc) is 3.69. The Kier molecular flexibility index (Phi) is 8.70. The average molecular weight is 802 g/mol. The molecule has 4 atom stereocenters. The maximum atomic E-state index is 14.1. The Morgan fingerprint density at radius 1 is 0.848 bits per heavy atom. The second kappa shape index (κ2) is 11.8. The highest BCUT2D eigenvalue weighted by Gasteiger charge is 2.88. The van der Waals surface area contributed by atoms with Crippen molar-refractivity contribution in [2.75, 3.05) is 6.54 Å². The molecule has 238 valence electrons. The van der Waals surface area contributed by atoms with Crippen molar-refractivity contribution in [1.29, 1.82) is 0 Å². The Bertz CT molecular complexity index is 1840. The number of amides is 3. The lowest BCUT2D eigenvalue weighted by molar-refractivity contribution is -0.154. The summed E-state index contributed by atoms with van der Waals surface area (Å²) in [7, 11) is 0. The predicted molar refractivity (Wildman–Crippen MR) is 177 cm³/mol. The van der Waals surface area contributed by atoms with E-state index in [0.29, 0.717) is 14.9 Å². The summed E-state index contributed by atoms with van der Waals surface area (Å²) in [6, 6.07) is 12.6. The number of ether oxygens (including phenoxy) is 1. The normalized spacial score (nSPS) is 26.0. The predicted octanol–water partition coefficient (Wildman–Crippen LogP) is 7.96. The van der Waals surface area contributed by atoms with Crippen molar-refractivity contribution < 1.29 is 28.7 Å². The number of fused-ring (bicyclic) bond motifs is 5. The number of Topliss-reactive ketones (excluding diaryl/α,β-unsaturated/α-hetero) is 1. The second-order valence-corrected chi connectivity index (χ2v) is 15.4. The molecule has 2 aliphatic carbocycles. The molecule has 8 nitrogen and oxygen atoms in total. The Labute approximate surface area is 304 Å². The number of thiophene rings is 1. The number of rotatable bonds is 7. The minimum absolute atomic E-state index is 0.0474. The number of hydrazine groups is 1. The molecule has 3 aromatic rings. The van der Waals surface area contributed by atoms with Gasteiger partial charge in [0.05, 0.1) is 32.5 Å². The summed E-state index contributed by atoms with van der Waals surface area (Å²) in [6.45, 7) is -0.838. The topological polar surface area (TPSA) is 101 Å². The fraction of sp³-hybridized carbons (Fsp3) is 0.207. The van der Waals surface area contributed by atoms with Crippen LogP contribution in [0.4, 0.5) is 0 Å². The number of esters is 1. The number of imide groups is 1. The second-order valence-electron chi connectivity index (χ2n) is 10.4. The van der Waals surface area contributed by atoms with Crippen LogP contribution in [0, 0.1) is 11.8 Å². The number of carbonyl (C=O) groups excluding carboxylic acids is 5. The van der Waals surface area contributed by atoms with E-state index in [1.165, 1.54) is 53.8 Å². The Balaban J connectivity index is 1.35. The largest absolute Gasteiger partial charge is 0.422 e. The maximum absolute atomic E-state index is 14.1. The van der Waals surface area contributed by atoms with Crippen molar-refractivity contribution in [2.45, 2.75) is 14.1 Å². The van der Waals surface area contributed by atoms with Gasteiger partial charge < -0.3 is 4.74 Å². The van der Waals surface area contributed by atoms with Gasteiger partial charge in [-0.25, -0.2) is 9.80 Å². The molecule has 0 N–H and O–H groups in total. The van der Waals surface area contributed by atoms with Crippen LogP contribution >= 0.6 is 104 Å². The van der Waals surface area contributed by atoms with E-state index >= 15 is 0 Å². The monoisotopic (exact) mass is 798 g/mol. The molecule has 3 aliphatic rings. The summed E-state index contributed by atoms with van der Waals surface area (Å²) >= 11 is 53.1. The van der Waals surface area contributed by atoms with Crippen LogP contribution < -0.4 is 4.74 Å². The molecular weight excluding hydrogens is 788 g/mol. The van der Waals surface area contributed by atoms with E-state index in [9.17, 15) is 24.0 Å². The molecule has 0 unspecified atom stereocenters. The number of halogens is 8. The molecule has 0 radical (unpaired) electrons. The fourth-order valence-electron chi connectivity index (χ4n) is 5.74. The lowest BCUT2D eigenvalue weighted by Gasteiger charge is -2.36. The summed E-state index contributed by atoms with van der Waals surface area (Å²) in [5.41, 5.74) is -0.138. The zero-order valence-corrected chi connectivity index (χ0v) is 29.3. The first-order chi connectivity index (χ1) is 21.6. The van der Waals surface area contributed by atoms with Gasteiger partial charge in [0.1, 0.15) is 26.9 Å². The van der Waals surface area contributed by atoms with E-state index in [-0.39, 0.29) is 37.0 Å². The first-order valence-corrected chi connectivity index (χ1v) is 16.8. The van der Waals surface area contributed by atoms with Gasteiger partial charge in [-0.15, -0.1) is 34.5 Å². The molecule has 2 bridgehead atoms. The van der Waals surface area contributed by atoms with Crippen LogP contribution in [0.1, 0.15) is 30.4 Å². The first-order valence-electron chi connectivity index (χ1n) is 12.9. The molecule has 2 aromatic carbocycles. The summed E-state index contributed by atoms with van der Waals surface area (Å²) in [5.74, 6) is -7.39. The van der Waals surface area contributed by atoms with E-state index in [4.69, 9.17) is 97.5 Å². The maximum Gasteiger partial charge on any atom is 0.353 e. The van der Waals surface area contributed by atoms with Crippen molar-refractivity contribution in [2.24, 2.45) is 11.8 Å². The third-order valence-electron chi connectivity index (χ3n) is 7.93. The smallest absolute Gasteiger partial charge is 0.353 e. The number of hydrogen-bond acceptors (Lipinski definition) is 7. The van der Waals surface area contributed by atoms with Crippen LogP contribution in [-0.4, -0.2) is 60.1 Å². The molecule has 3 amide bonds. The molecule has 1 saturated carbocycles. The van der Waals surface area contributed by atoms with Gasteiger partial charge in [-0.05, 0) is 53.9 Å². The molecule has 1 saturated heterocycles. The van der Waals surface area contributed by atoms with E-state index in [1.807, 2.05) is 0 Å². The first kappa shape index (κ1) is 33.8. The van der Waals surface area contributed by atoms with E-state index in [2.05, 4.69) is 0 Å². The highest BCUT2D eigenvalue weighted by atomic mass is 35.5. The van der Waals surface area contributed by atoms with Crippen LogP contribution in [0.3, 0.4) is 0 Å². The molecule has 1 aliphatic heterocycles. The number of carbonyl (C=O) groups is 5. The van der Waals surface area contributed by atoms with E-state index in [1.54, 1.807) is 17.5 Å². The zero-order chi connectivity index (χ0) is 33.5. The van der Waals surface area contributed by atoms with Crippen molar-refractivity contribution in [3.63, 3.8) is 0 Å². The molecule has 6 rings (SSSR count). The van der Waals surface area contributed by atoms with E-state index in [0.717, 1.165) is 0 Å². The molecule has 46 heavy (non-hydrogen) atoms. The Morgan fingerprint density at radius 3 is 1.96 bits per heavy atom. The third-order valence-corrected chi connectivity index (χ3v) is 13.6. The van der Waals surface area contributed by atoms with E-state index < -0.39 is 61.9 Å². The van der Waals surface area contributed by atoms with Crippen LogP contribution in [0.5, 0.6) is 5.75 Å². The molecule has 17 heteroatoms. The third kappa shape index (κ3) is 4.73. The molecular formula is C29H14Cl8N2O6S. The molecule has 0 spiro atoms. The number of allylic oxidation sites excluding steroid dienone is 2. The summed E-state index contributed by atoms with van der Waals surface area (Å²) < 4.78 is 3.12. The van der Waals surface area contributed by atoms with Crippen LogP contribution in [0.2, 0.25) is 10.0 Å². The lowest BCUT2D eigenvalue weighted by atomic mass is 9.84. The Hall–Kier alpha value is -2.05. The number of nitrogens with zero attached hydrogens (tertiary/aromatic N) is 2. The number of alkyl halides is 4. The minimum atomic E-state index is -2.21. The summed E-state index contributed by atoms with van der Waals surface area (Å²) in [4.78, 5) is 64.1. The van der Waals surface area contributed by atoms with Crippen molar-refractivity contribution in [1.82, 2.24) is 10.0 Å². The summed E-state index contributed by atoms with van der Waals surface area (Å²) in [6.07, 6.45) is 0. The molecule has 2 fully saturated rings. The summed E-state index contributed by atoms with van der Waals surface area (Å²) in [5, 5.41) is 2.24. The molecule has 2 heterocycles. The quantitative estimate of drug-likeness (QED) is 0.0791. The minimum Gasteiger partial charge on any atom is -0.422 e. The van der Waals surface area contributed by atoms with Gasteiger partial charge >= 0.3 is 5.97 Å². The SMILES string of the molecule is O=C(CN(C(=O)c1ccc(Cl)cc1Cl)N1C(=O)[C@@H]2[C@@H](C1=O)[C@@]1(Cl)C(Cl)=C(Cl)[C@@]2(Cl)C1(Cl)Cl)c1ccc(OC(=O)c2cccs2)cc1. The van der Waals surface area contributed by atoms with Gasteiger partial charge in [0.25, 0.3) is 17.7 Å². The van der Waals surface area contributed by atoms with Crippen LogP contribution in [0.15, 0.2) is 70.0 Å². The van der Waals surface area contributed by atoms with Gasteiger partial charge in [-0.1, -0.05) is 75.7 Å². The standard InChI is InChI=1S/C29H14Cl8N2O6S/c30-13-5-8-15(16(31)10-13)23(41)38(11-17(40)12-3-6-14(7-4-12)45-26(44)18-2-1-9-46-18)39-24(42)19-20(25(39)43)28(35)22(33)21(32)27(19,34)29(28,36)37/h1-10,19-20H,11H2/t19-,20-,27+,28+/m0/s1. The highest BCUT2D eigenvalue weighted by Crippen LogP contribution is 2.77. The van der Waals surface area contributed by atoms with Crippen molar-refractivity contribution >= 4 is 134 Å². The van der Waals surface area contributed by atoms with Gasteiger partial charge in [-0.2, -0.15) is 5.01 Å². The van der Waals surface area contributed by atoms with Gasteiger partial charge in [0, 0.05) is 10.6 Å². The van der Waals surface area contributed by atoms with Crippen LogP contribution in [-0.2, 0) is 9.59 Å². The lowest BCUT2D eigenvalue weighted by Crippen LogP contribution is -2.56. The zero-order valence-electron chi connectivity index (χ0n) is 22.4. The van der Waals surface area contributed by atoms with Gasteiger partial charge in [-0.3, -0.25) is 19.2 Å². The number of benzene rings is 2. The number of hydrogen-bond donors (Lipinski definition) is 0. The fourth-order valence-corrected chi connectivity index (χ4v) is 9.76. The van der Waals surface area contributed by atoms with Crippen molar-refractivity contribution in [3.8, 4) is 5.75 Å². The van der Waals surface area contributed by atoms with Crippen LogP contribution in [0.25, 0.3) is 0 Å². The van der Waals surface area contributed by atoms with Gasteiger partial charge in [0.15, 0.2) is 10.1 Å². The molecule has 1 aromatic heterocycles. The Morgan fingerprint density at radius 2 is 1.43 bits per heavy atom.